The number of carbonyl (C=O) groups is 1. The number of carboxylic acid groups (broad SMARTS) is 1. The Bertz CT molecular complexity index is 593. The molecule has 1 saturated carbocycles. The summed E-state index contributed by atoms with van der Waals surface area (Å²) < 4.78 is 5.41. The van der Waals surface area contributed by atoms with Crippen LogP contribution < -0.4 is 10.2 Å². The molecule has 3 rings (SSSR count). The number of anilines is 2. The van der Waals surface area contributed by atoms with E-state index in [9.17, 15) is 9.90 Å². The summed E-state index contributed by atoms with van der Waals surface area (Å²) in [5.41, 5.74) is -0.395. The minimum atomic E-state index is -1.04. The van der Waals surface area contributed by atoms with Gasteiger partial charge in [0.2, 0.25) is 5.95 Å². The van der Waals surface area contributed by atoms with Gasteiger partial charge in [0, 0.05) is 30.9 Å². The number of carboxylic acids is 1. The molecule has 1 aromatic rings. The van der Waals surface area contributed by atoms with Crippen molar-refractivity contribution in [2.24, 2.45) is 0 Å². The van der Waals surface area contributed by atoms with E-state index < -0.39 is 11.4 Å². The maximum absolute atomic E-state index is 11.7. The number of hydrogen-bond donors (Lipinski definition) is 2. The van der Waals surface area contributed by atoms with Crippen molar-refractivity contribution >= 4 is 17.7 Å². The van der Waals surface area contributed by atoms with E-state index >= 15 is 0 Å². The van der Waals surface area contributed by atoms with Crippen LogP contribution in [0.15, 0.2) is 6.20 Å². The summed E-state index contributed by atoms with van der Waals surface area (Å²) in [6.07, 6.45) is 6.41. The summed E-state index contributed by atoms with van der Waals surface area (Å²) in [6, 6.07) is 0.417. The number of rotatable bonds is 5. The topological polar surface area (TPSA) is 87.6 Å². The molecule has 2 N–H and O–H groups in total. The molecule has 7 nitrogen and oxygen atoms in total. The monoisotopic (exact) mass is 334 g/mol. The molecule has 2 aliphatic rings. The second-order valence-electron chi connectivity index (χ2n) is 7.09. The van der Waals surface area contributed by atoms with Gasteiger partial charge in [0.25, 0.3) is 0 Å². The van der Waals surface area contributed by atoms with Crippen LogP contribution in [-0.2, 0) is 14.9 Å². The Morgan fingerprint density at radius 1 is 1.33 bits per heavy atom. The zero-order valence-electron chi connectivity index (χ0n) is 14.4. The van der Waals surface area contributed by atoms with Crippen LogP contribution in [0.2, 0.25) is 0 Å². The highest BCUT2D eigenvalue weighted by molar-refractivity contribution is 5.82. The van der Waals surface area contributed by atoms with Crippen molar-refractivity contribution in [3.05, 3.63) is 11.8 Å². The molecule has 0 spiro atoms. The molecule has 2 fully saturated rings. The molecule has 132 valence electrons. The Balaban J connectivity index is 1.93. The van der Waals surface area contributed by atoms with Gasteiger partial charge in [0.15, 0.2) is 0 Å². The molecule has 1 aliphatic carbocycles. The standard InChI is InChI=1S/C17H26N4O3/c1-17(2,15(22)23)13-11-18-16(19-12-5-3-4-6-12)20-14(13)21-7-9-24-10-8-21/h11-12H,3-10H2,1-2H3,(H,22,23)(H,18,19,20). The van der Waals surface area contributed by atoms with Gasteiger partial charge in [-0.15, -0.1) is 0 Å². The van der Waals surface area contributed by atoms with Crippen molar-refractivity contribution in [2.45, 2.75) is 51.0 Å². The smallest absolute Gasteiger partial charge is 0.313 e. The highest BCUT2D eigenvalue weighted by Crippen LogP contribution is 2.32. The van der Waals surface area contributed by atoms with E-state index in [2.05, 4.69) is 15.2 Å². The number of aromatic nitrogens is 2. The first-order chi connectivity index (χ1) is 11.5. The first kappa shape index (κ1) is 17.0. The molecule has 0 amide bonds. The van der Waals surface area contributed by atoms with Gasteiger partial charge in [-0.3, -0.25) is 4.79 Å². The largest absolute Gasteiger partial charge is 0.481 e. The van der Waals surface area contributed by atoms with Crippen molar-refractivity contribution in [1.29, 1.82) is 0 Å². The van der Waals surface area contributed by atoms with E-state index in [0.29, 0.717) is 49.7 Å². The maximum atomic E-state index is 11.7. The second-order valence-corrected chi connectivity index (χ2v) is 7.09. The minimum Gasteiger partial charge on any atom is -0.481 e. The fraction of sp³-hybridized carbons (Fsp3) is 0.706. The number of hydrogen-bond acceptors (Lipinski definition) is 6. The predicted octanol–water partition coefficient (Wildman–Crippen LogP) is 2.03. The molecule has 7 heteroatoms. The van der Waals surface area contributed by atoms with Crippen LogP contribution in [0.25, 0.3) is 0 Å². The molecule has 0 atom stereocenters. The Morgan fingerprint density at radius 3 is 2.62 bits per heavy atom. The van der Waals surface area contributed by atoms with Gasteiger partial charge in [-0.25, -0.2) is 4.98 Å². The highest BCUT2D eigenvalue weighted by Gasteiger charge is 2.35. The van der Waals surface area contributed by atoms with E-state index in [4.69, 9.17) is 9.72 Å². The average Bonchev–Trinajstić information content (AvgIpc) is 3.08. The number of ether oxygens (including phenoxy) is 1. The Hall–Kier alpha value is -1.89. The van der Waals surface area contributed by atoms with Crippen molar-refractivity contribution in [3.63, 3.8) is 0 Å². The number of nitrogens with zero attached hydrogens (tertiary/aromatic N) is 3. The van der Waals surface area contributed by atoms with Gasteiger partial charge >= 0.3 is 5.97 Å². The first-order valence-electron chi connectivity index (χ1n) is 8.68. The maximum Gasteiger partial charge on any atom is 0.313 e. The molecule has 0 bridgehead atoms. The number of morpholine rings is 1. The lowest BCUT2D eigenvalue weighted by Gasteiger charge is -2.32. The molecule has 2 heterocycles. The van der Waals surface area contributed by atoms with Gasteiger partial charge < -0.3 is 20.1 Å². The van der Waals surface area contributed by atoms with Gasteiger partial charge in [-0.05, 0) is 26.7 Å². The fourth-order valence-corrected chi connectivity index (χ4v) is 3.27. The molecule has 0 unspecified atom stereocenters. The van der Waals surface area contributed by atoms with Crippen LogP contribution in [-0.4, -0.2) is 53.4 Å². The second kappa shape index (κ2) is 6.93. The fourth-order valence-electron chi connectivity index (χ4n) is 3.27. The van der Waals surface area contributed by atoms with Crippen LogP contribution in [0.1, 0.15) is 45.1 Å². The van der Waals surface area contributed by atoms with Crippen LogP contribution in [0, 0.1) is 0 Å². The average molecular weight is 334 g/mol. The molecule has 1 aliphatic heterocycles. The van der Waals surface area contributed by atoms with Gasteiger partial charge in [0.1, 0.15) is 5.82 Å². The van der Waals surface area contributed by atoms with Crippen molar-refractivity contribution in [2.75, 3.05) is 36.5 Å². The lowest BCUT2D eigenvalue weighted by molar-refractivity contribution is -0.142. The molecule has 0 radical (unpaired) electrons. The summed E-state index contributed by atoms with van der Waals surface area (Å²) in [5, 5.41) is 13.0. The Labute approximate surface area is 142 Å². The van der Waals surface area contributed by atoms with Crippen molar-refractivity contribution in [1.82, 2.24) is 9.97 Å². The van der Waals surface area contributed by atoms with Crippen LogP contribution in [0.5, 0.6) is 0 Å². The van der Waals surface area contributed by atoms with Gasteiger partial charge in [-0.2, -0.15) is 4.98 Å². The van der Waals surface area contributed by atoms with Crippen LogP contribution >= 0.6 is 0 Å². The van der Waals surface area contributed by atoms with Gasteiger partial charge in [-0.1, -0.05) is 12.8 Å². The summed E-state index contributed by atoms with van der Waals surface area (Å²) >= 11 is 0. The third-order valence-electron chi connectivity index (χ3n) is 4.98. The zero-order chi connectivity index (χ0) is 17.2. The molecular weight excluding hydrogens is 308 g/mol. The summed E-state index contributed by atoms with van der Waals surface area (Å²) in [4.78, 5) is 22.9. The van der Waals surface area contributed by atoms with E-state index in [1.54, 1.807) is 20.0 Å². The molecule has 1 aromatic heterocycles. The minimum absolute atomic E-state index is 0.417. The quantitative estimate of drug-likeness (QED) is 0.852. The SMILES string of the molecule is CC(C)(C(=O)O)c1cnc(NC2CCCC2)nc1N1CCOCC1. The first-order valence-corrected chi connectivity index (χ1v) is 8.68. The van der Waals surface area contributed by atoms with E-state index in [0.717, 1.165) is 12.8 Å². The van der Waals surface area contributed by atoms with E-state index in [1.807, 2.05) is 0 Å². The third kappa shape index (κ3) is 3.45. The number of aliphatic carboxylic acids is 1. The van der Waals surface area contributed by atoms with Crippen molar-refractivity contribution in [3.8, 4) is 0 Å². The normalized spacial score (nSPS) is 19.5. The summed E-state index contributed by atoms with van der Waals surface area (Å²) in [5.74, 6) is 0.423. The Morgan fingerprint density at radius 2 is 2.00 bits per heavy atom. The molecule has 1 saturated heterocycles. The molecular formula is C17H26N4O3. The number of nitrogens with one attached hydrogen (secondary N) is 1. The highest BCUT2D eigenvalue weighted by atomic mass is 16.5. The van der Waals surface area contributed by atoms with E-state index in [1.165, 1.54) is 12.8 Å². The molecule has 0 aromatic carbocycles. The van der Waals surface area contributed by atoms with Gasteiger partial charge in [0.05, 0.1) is 18.6 Å². The summed E-state index contributed by atoms with van der Waals surface area (Å²) in [6.45, 7) is 6.07. The van der Waals surface area contributed by atoms with Crippen LogP contribution in [0.4, 0.5) is 11.8 Å². The van der Waals surface area contributed by atoms with E-state index in [-0.39, 0.29) is 0 Å². The third-order valence-corrected chi connectivity index (χ3v) is 4.98. The molecule has 24 heavy (non-hydrogen) atoms. The Kier molecular flexibility index (Phi) is 4.89. The van der Waals surface area contributed by atoms with Crippen LogP contribution in [0.3, 0.4) is 0 Å². The lowest BCUT2D eigenvalue weighted by atomic mass is 9.85. The summed E-state index contributed by atoms with van der Waals surface area (Å²) in [7, 11) is 0. The predicted molar refractivity (Wildman–Crippen MR) is 91.6 cm³/mol. The van der Waals surface area contributed by atoms with Crippen molar-refractivity contribution < 1.29 is 14.6 Å². The lowest BCUT2D eigenvalue weighted by Crippen LogP contribution is -2.40. The zero-order valence-corrected chi connectivity index (χ0v) is 14.4.